The highest BCUT2D eigenvalue weighted by Gasteiger charge is 2.36. The SMILES string of the molecule is CCCCCC/C=C\CCCCCCCC(=O)OC[C@H](COP(=O)(O)OC[C@@H](O)COP(=O)(O)O)OC(=O)CCC/C=C\C/C=C\C/C=C\CC1OC1CCCCC. The Morgan fingerprint density at radius 3 is 1.83 bits per heavy atom. The van der Waals surface area contributed by atoms with Gasteiger partial charge in [-0.05, 0) is 70.6 Å². The van der Waals surface area contributed by atoms with E-state index in [1.807, 2.05) is 12.2 Å². The molecule has 3 unspecified atom stereocenters. The van der Waals surface area contributed by atoms with Gasteiger partial charge < -0.3 is 34.0 Å². The van der Waals surface area contributed by atoms with Gasteiger partial charge in [-0.15, -0.1) is 0 Å². The number of phosphoric ester groups is 2. The molecule has 0 amide bonds. The van der Waals surface area contributed by atoms with Crippen LogP contribution < -0.4 is 0 Å². The molecule has 4 N–H and O–H groups in total. The summed E-state index contributed by atoms with van der Waals surface area (Å²) in [6.45, 7) is 1.63. The maximum Gasteiger partial charge on any atom is 0.472 e. The Balaban J connectivity index is 2.41. The van der Waals surface area contributed by atoms with Crippen LogP contribution in [0.5, 0.6) is 0 Å². The van der Waals surface area contributed by atoms with Crippen LogP contribution in [-0.2, 0) is 46.5 Å². The number of esters is 2. The Morgan fingerprint density at radius 2 is 1.14 bits per heavy atom. The van der Waals surface area contributed by atoms with Crippen molar-refractivity contribution in [3.8, 4) is 0 Å². The van der Waals surface area contributed by atoms with Crippen LogP contribution in [0.2, 0.25) is 0 Å². The van der Waals surface area contributed by atoms with E-state index in [1.54, 1.807) is 0 Å². The van der Waals surface area contributed by atoms with Gasteiger partial charge >= 0.3 is 27.6 Å². The molecule has 0 aliphatic carbocycles. The topological polar surface area (TPSA) is 208 Å². The molecule has 0 aromatic rings. The summed E-state index contributed by atoms with van der Waals surface area (Å²) in [7, 11) is -9.70. The molecule has 1 heterocycles. The summed E-state index contributed by atoms with van der Waals surface area (Å²) in [4.78, 5) is 52.6. The van der Waals surface area contributed by atoms with E-state index in [2.05, 4.69) is 59.4 Å². The molecular formula is C42H74O14P2. The molecular weight excluding hydrogens is 790 g/mol. The molecule has 336 valence electrons. The van der Waals surface area contributed by atoms with E-state index in [0.29, 0.717) is 31.5 Å². The highest BCUT2D eigenvalue weighted by atomic mass is 31.2. The summed E-state index contributed by atoms with van der Waals surface area (Å²) in [5.41, 5.74) is 0. The van der Waals surface area contributed by atoms with E-state index in [4.69, 9.17) is 28.5 Å². The minimum Gasteiger partial charge on any atom is -0.462 e. The largest absolute Gasteiger partial charge is 0.472 e. The van der Waals surface area contributed by atoms with Crippen molar-refractivity contribution < 1.29 is 66.3 Å². The Hall–Kier alpha value is -1.96. The van der Waals surface area contributed by atoms with Crippen molar-refractivity contribution >= 4 is 27.6 Å². The van der Waals surface area contributed by atoms with Crippen LogP contribution in [0, 0.1) is 0 Å². The first-order chi connectivity index (χ1) is 27.8. The second-order valence-electron chi connectivity index (χ2n) is 14.6. The molecule has 1 aliphatic heterocycles. The van der Waals surface area contributed by atoms with E-state index in [1.165, 1.54) is 44.9 Å². The highest BCUT2D eigenvalue weighted by Crippen LogP contribution is 2.44. The van der Waals surface area contributed by atoms with Gasteiger partial charge in [0.2, 0.25) is 0 Å². The molecule has 0 spiro atoms. The Bertz CT molecular complexity index is 1280. The van der Waals surface area contributed by atoms with Crippen molar-refractivity contribution in [3.05, 3.63) is 48.6 Å². The standard InChI is InChI=1S/C42H74O14P2/c1-3-5-7-8-9-10-11-12-13-17-20-23-27-31-41(44)51-35-38(36-54-58(49,50)53-34-37(43)33-52-57(46,47)48)55-42(45)32-28-24-21-18-15-14-16-19-22-26-30-40-39(56-40)29-25-6-4-2/h10-11,14,16,18,21-22,26,37-40,43H,3-9,12-13,15,17,19-20,23-25,27-36H2,1-2H3,(H,49,50)(H2,46,47,48)/b11-10-,16-14-,21-18-,26-22-/t37-,38+,39?,40?/m0/s1. The first-order valence-corrected chi connectivity index (χ1v) is 24.5. The number of aliphatic hydroxyl groups excluding tert-OH is 1. The summed E-state index contributed by atoms with van der Waals surface area (Å²) in [5, 5.41) is 9.74. The molecule has 58 heavy (non-hydrogen) atoms. The van der Waals surface area contributed by atoms with Crippen LogP contribution >= 0.6 is 15.6 Å². The minimum atomic E-state index is -4.87. The molecule has 1 rings (SSSR count). The van der Waals surface area contributed by atoms with Gasteiger partial charge in [-0.1, -0.05) is 120 Å². The minimum absolute atomic E-state index is 0.0490. The van der Waals surface area contributed by atoms with E-state index < -0.39 is 66.2 Å². The predicted octanol–water partition coefficient (Wildman–Crippen LogP) is 9.66. The van der Waals surface area contributed by atoms with Gasteiger partial charge in [-0.25, -0.2) is 9.13 Å². The zero-order chi connectivity index (χ0) is 42.7. The molecule has 14 nitrogen and oxygen atoms in total. The number of unbranched alkanes of at least 4 members (excludes halogenated alkanes) is 12. The van der Waals surface area contributed by atoms with Crippen molar-refractivity contribution in [1.29, 1.82) is 0 Å². The van der Waals surface area contributed by atoms with Gasteiger partial charge in [0.15, 0.2) is 6.10 Å². The van der Waals surface area contributed by atoms with Crippen LogP contribution in [0.25, 0.3) is 0 Å². The molecule has 1 fully saturated rings. The number of hydrogen-bond acceptors (Lipinski definition) is 11. The third-order valence-electron chi connectivity index (χ3n) is 9.10. The molecule has 1 aliphatic rings. The van der Waals surface area contributed by atoms with E-state index in [0.717, 1.165) is 64.2 Å². The van der Waals surface area contributed by atoms with Gasteiger partial charge in [0.25, 0.3) is 0 Å². The molecule has 0 aromatic carbocycles. The maximum absolute atomic E-state index is 12.6. The van der Waals surface area contributed by atoms with Gasteiger partial charge in [0, 0.05) is 12.8 Å². The fourth-order valence-electron chi connectivity index (χ4n) is 5.72. The predicted molar refractivity (Wildman–Crippen MR) is 225 cm³/mol. The van der Waals surface area contributed by atoms with Gasteiger partial charge in [0.1, 0.15) is 12.7 Å². The highest BCUT2D eigenvalue weighted by molar-refractivity contribution is 7.47. The van der Waals surface area contributed by atoms with E-state index in [9.17, 15) is 28.7 Å². The van der Waals surface area contributed by atoms with Crippen molar-refractivity contribution in [1.82, 2.24) is 0 Å². The molecule has 5 atom stereocenters. The van der Waals surface area contributed by atoms with Gasteiger partial charge in [0.05, 0.1) is 32.0 Å². The summed E-state index contributed by atoms with van der Waals surface area (Å²) >= 11 is 0. The monoisotopic (exact) mass is 864 g/mol. The quantitative estimate of drug-likeness (QED) is 0.0149. The molecule has 16 heteroatoms. The fourth-order valence-corrected chi connectivity index (χ4v) is 6.88. The number of hydrogen-bond donors (Lipinski definition) is 4. The Kier molecular flexibility index (Phi) is 32.4. The zero-order valence-corrected chi connectivity index (χ0v) is 36.9. The number of ether oxygens (including phenoxy) is 3. The van der Waals surface area contributed by atoms with Crippen molar-refractivity contribution in [2.45, 2.75) is 180 Å². The third-order valence-corrected chi connectivity index (χ3v) is 10.5. The van der Waals surface area contributed by atoms with E-state index >= 15 is 0 Å². The number of aliphatic hydroxyl groups is 1. The second-order valence-corrected chi connectivity index (χ2v) is 17.3. The first kappa shape index (κ1) is 54.1. The van der Waals surface area contributed by atoms with Gasteiger partial charge in [-0.2, -0.15) is 0 Å². The number of carbonyl (C=O) groups is 2. The van der Waals surface area contributed by atoms with E-state index in [-0.39, 0.29) is 12.8 Å². The second kappa shape index (κ2) is 34.7. The molecule has 0 bridgehead atoms. The molecule has 0 aromatic heterocycles. The average Bonchev–Trinajstić information content (AvgIpc) is 3.94. The fraction of sp³-hybridized carbons (Fsp3) is 0.762. The lowest BCUT2D eigenvalue weighted by Crippen LogP contribution is -2.29. The lowest BCUT2D eigenvalue weighted by atomic mass is 10.1. The van der Waals surface area contributed by atoms with Crippen LogP contribution in [-0.4, -0.2) is 82.6 Å². The number of carbonyl (C=O) groups excluding carboxylic acids is 2. The summed E-state index contributed by atoms with van der Waals surface area (Å²) < 4.78 is 53.4. The van der Waals surface area contributed by atoms with Crippen molar-refractivity contribution in [3.63, 3.8) is 0 Å². The van der Waals surface area contributed by atoms with Crippen molar-refractivity contribution in [2.24, 2.45) is 0 Å². The van der Waals surface area contributed by atoms with Crippen LogP contribution in [0.1, 0.15) is 155 Å². The Labute approximate surface area is 347 Å². The maximum atomic E-state index is 12.6. The normalized spacial score (nSPS) is 18.0. The average molecular weight is 865 g/mol. The van der Waals surface area contributed by atoms with Crippen LogP contribution in [0.3, 0.4) is 0 Å². The lowest BCUT2D eigenvalue weighted by Gasteiger charge is -2.20. The third kappa shape index (κ3) is 34.9. The molecule has 0 radical (unpaired) electrons. The number of allylic oxidation sites excluding steroid dienone is 7. The van der Waals surface area contributed by atoms with Crippen molar-refractivity contribution in [2.75, 3.05) is 26.4 Å². The molecule has 1 saturated heterocycles. The first-order valence-electron chi connectivity index (χ1n) is 21.5. The smallest absolute Gasteiger partial charge is 0.462 e. The zero-order valence-electron chi connectivity index (χ0n) is 35.1. The number of phosphoric acid groups is 2. The number of epoxide rings is 1. The molecule has 0 saturated carbocycles. The summed E-state index contributed by atoms with van der Waals surface area (Å²) in [5.74, 6) is -1.11. The van der Waals surface area contributed by atoms with Gasteiger partial charge in [-0.3, -0.25) is 23.2 Å². The lowest BCUT2D eigenvalue weighted by molar-refractivity contribution is -0.161. The van der Waals surface area contributed by atoms with Crippen LogP contribution in [0.4, 0.5) is 0 Å². The number of rotatable bonds is 39. The summed E-state index contributed by atoms with van der Waals surface area (Å²) in [6.07, 6.45) is 35.7. The Morgan fingerprint density at radius 1 is 0.603 bits per heavy atom. The summed E-state index contributed by atoms with van der Waals surface area (Å²) in [6, 6.07) is 0. The van der Waals surface area contributed by atoms with Crippen LogP contribution in [0.15, 0.2) is 48.6 Å².